The Morgan fingerprint density at radius 1 is 1.19 bits per heavy atom. The molecule has 1 amide bonds. The van der Waals surface area contributed by atoms with E-state index in [1.54, 1.807) is 29.2 Å². The molecule has 0 spiro atoms. The molecule has 0 aliphatic heterocycles. The molecule has 0 bridgehead atoms. The number of hydrogen-bond acceptors (Lipinski definition) is 3. The summed E-state index contributed by atoms with van der Waals surface area (Å²) in [6.45, 7) is 2.43. The SMILES string of the molecule is CCN(C(=O)COc1cccc(C#N)c1)c1ccccc1. The maximum Gasteiger partial charge on any atom is 0.264 e. The molecule has 0 radical (unpaired) electrons. The van der Waals surface area contributed by atoms with E-state index in [9.17, 15) is 4.79 Å². The van der Waals surface area contributed by atoms with Gasteiger partial charge < -0.3 is 9.64 Å². The van der Waals surface area contributed by atoms with E-state index in [4.69, 9.17) is 10.00 Å². The number of carbonyl (C=O) groups is 1. The van der Waals surface area contributed by atoms with Gasteiger partial charge in [-0.2, -0.15) is 5.26 Å². The minimum absolute atomic E-state index is 0.0579. The number of likely N-dealkylation sites (N-methyl/N-ethyl adjacent to an activating group) is 1. The van der Waals surface area contributed by atoms with Gasteiger partial charge >= 0.3 is 0 Å². The molecule has 21 heavy (non-hydrogen) atoms. The second-order valence-corrected chi connectivity index (χ2v) is 4.40. The number of rotatable bonds is 5. The van der Waals surface area contributed by atoms with Crippen LogP contribution in [0.4, 0.5) is 5.69 Å². The summed E-state index contributed by atoms with van der Waals surface area (Å²) >= 11 is 0. The second-order valence-electron chi connectivity index (χ2n) is 4.40. The molecular formula is C17H16N2O2. The van der Waals surface area contributed by atoms with Crippen LogP contribution < -0.4 is 9.64 Å². The molecule has 0 N–H and O–H groups in total. The van der Waals surface area contributed by atoms with Crippen LogP contribution in [0.5, 0.6) is 5.75 Å². The average Bonchev–Trinajstić information content (AvgIpc) is 2.55. The number of hydrogen-bond donors (Lipinski definition) is 0. The smallest absolute Gasteiger partial charge is 0.264 e. The molecule has 106 valence electrons. The average molecular weight is 280 g/mol. The molecule has 0 aromatic heterocycles. The van der Waals surface area contributed by atoms with Crippen LogP contribution in [-0.2, 0) is 4.79 Å². The quantitative estimate of drug-likeness (QED) is 0.846. The Balaban J connectivity index is 2.02. The first-order valence-electron chi connectivity index (χ1n) is 6.73. The second kappa shape index (κ2) is 7.11. The van der Waals surface area contributed by atoms with E-state index in [0.717, 1.165) is 5.69 Å². The predicted octanol–water partition coefficient (Wildman–Crippen LogP) is 2.99. The van der Waals surface area contributed by atoms with E-state index in [0.29, 0.717) is 17.9 Å². The van der Waals surface area contributed by atoms with Crippen LogP contribution in [0.15, 0.2) is 54.6 Å². The lowest BCUT2D eigenvalue weighted by molar-refractivity contribution is -0.120. The maximum atomic E-state index is 12.2. The van der Waals surface area contributed by atoms with Crippen LogP contribution in [0.1, 0.15) is 12.5 Å². The molecular weight excluding hydrogens is 264 g/mol. The molecule has 0 saturated heterocycles. The van der Waals surface area contributed by atoms with Gasteiger partial charge in [0.2, 0.25) is 0 Å². The molecule has 0 atom stereocenters. The van der Waals surface area contributed by atoms with E-state index in [1.165, 1.54) is 0 Å². The number of anilines is 1. The molecule has 0 unspecified atom stereocenters. The molecule has 2 aromatic rings. The van der Waals surface area contributed by atoms with Crippen LogP contribution in [-0.4, -0.2) is 19.1 Å². The first-order valence-corrected chi connectivity index (χ1v) is 6.73. The number of amides is 1. The van der Waals surface area contributed by atoms with Gasteiger partial charge in [0, 0.05) is 12.2 Å². The Labute approximate surface area is 124 Å². The number of ether oxygens (including phenoxy) is 1. The summed E-state index contributed by atoms with van der Waals surface area (Å²) in [6.07, 6.45) is 0. The Hall–Kier alpha value is -2.80. The van der Waals surface area contributed by atoms with Gasteiger partial charge in [-0.05, 0) is 37.3 Å². The van der Waals surface area contributed by atoms with Gasteiger partial charge in [0.05, 0.1) is 11.6 Å². The molecule has 2 aromatic carbocycles. The molecule has 0 aliphatic carbocycles. The first-order chi connectivity index (χ1) is 10.2. The van der Waals surface area contributed by atoms with Gasteiger partial charge in [-0.25, -0.2) is 0 Å². The van der Waals surface area contributed by atoms with Crippen LogP contribution in [0, 0.1) is 11.3 Å². The van der Waals surface area contributed by atoms with Crippen LogP contribution in [0.2, 0.25) is 0 Å². The molecule has 4 nitrogen and oxygen atoms in total. The monoisotopic (exact) mass is 280 g/mol. The third kappa shape index (κ3) is 3.83. The van der Waals surface area contributed by atoms with Gasteiger partial charge in [0.1, 0.15) is 5.75 Å². The number of benzene rings is 2. The van der Waals surface area contributed by atoms with Gasteiger partial charge in [-0.15, -0.1) is 0 Å². The number of para-hydroxylation sites is 1. The Morgan fingerprint density at radius 2 is 1.95 bits per heavy atom. The van der Waals surface area contributed by atoms with E-state index in [1.807, 2.05) is 43.3 Å². The van der Waals surface area contributed by atoms with Gasteiger partial charge in [0.15, 0.2) is 6.61 Å². The Kier molecular flexibility index (Phi) is 4.94. The lowest BCUT2D eigenvalue weighted by Gasteiger charge is -2.21. The van der Waals surface area contributed by atoms with Gasteiger partial charge in [-0.1, -0.05) is 24.3 Å². The van der Waals surface area contributed by atoms with Crippen molar-refractivity contribution in [1.29, 1.82) is 5.26 Å². The van der Waals surface area contributed by atoms with Crippen molar-refractivity contribution < 1.29 is 9.53 Å². The van der Waals surface area contributed by atoms with Crippen molar-refractivity contribution in [2.45, 2.75) is 6.92 Å². The Bertz CT molecular complexity index is 647. The maximum absolute atomic E-state index is 12.2. The van der Waals surface area contributed by atoms with Crippen molar-refractivity contribution in [2.75, 3.05) is 18.1 Å². The number of nitriles is 1. The minimum Gasteiger partial charge on any atom is -0.484 e. The van der Waals surface area contributed by atoms with Crippen molar-refractivity contribution in [3.05, 3.63) is 60.2 Å². The van der Waals surface area contributed by atoms with Crippen molar-refractivity contribution in [2.24, 2.45) is 0 Å². The highest BCUT2D eigenvalue weighted by atomic mass is 16.5. The summed E-state index contributed by atoms with van der Waals surface area (Å²) < 4.78 is 5.47. The highest BCUT2D eigenvalue weighted by molar-refractivity contribution is 5.94. The highest BCUT2D eigenvalue weighted by Gasteiger charge is 2.14. The summed E-state index contributed by atoms with van der Waals surface area (Å²) in [7, 11) is 0. The molecule has 0 aliphatic rings. The molecule has 4 heteroatoms. The van der Waals surface area contributed by atoms with Crippen LogP contribution in [0.25, 0.3) is 0 Å². The third-order valence-corrected chi connectivity index (χ3v) is 3.01. The van der Waals surface area contributed by atoms with Gasteiger partial charge in [0.25, 0.3) is 5.91 Å². The summed E-state index contributed by atoms with van der Waals surface area (Å²) in [5, 5.41) is 8.83. The third-order valence-electron chi connectivity index (χ3n) is 3.01. The Morgan fingerprint density at radius 3 is 2.62 bits per heavy atom. The molecule has 2 rings (SSSR count). The minimum atomic E-state index is -0.119. The fourth-order valence-electron chi connectivity index (χ4n) is 1.99. The van der Waals surface area contributed by atoms with Crippen molar-refractivity contribution in [3.63, 3.8) is 0 Å². The van der Waals surface area contributed by atoms with E-state index in [2.05, 4.69) is 0 Å². The van der Waals surface area contributed by atoms with E-state index < -0.39 is 0 Å². The van der Waals surface area contributed by atoms with E-state index >= 15 is 0 Å². The van der Waals surface area contributed by atoms with Crippen molar-refractivity contribution in [3.8, 4) is 11.8 Å². The standard InChI is InChI=1S/C17H16N2O2/c1-2-19(15-8-4-3-5-9-15)17(20)13-21-16-10-6-7-14(11-16)12-18/h3-11H,2,13H2,1H3. The largest absolute Gasteiger partial charge is 0.484 e. The highest BCUT2D eigenvalue weighted by Crippen LogP contribution is 2.15. The summed E-state index contributed by atoms with van der Waals surface area (Å²) in [4.78, 5) is 13.9. The summed E-state index contributed by atoms with van der Waals surface area (Å²) in [6, 6.07) is 18.3. The van der Waals surface area contributed by atoms with Crippen molar-refractivity contribution in [1.82, 2.24) is 0 Å². The van der Waals surface area contributed by atoms with Crippen molar-refractivity contribution >= 4 is 11.6 Å². The normalized spacial score (nSPS) is 9.71. The molecule has 0 fully saturated rings. The predicted molar refractivity (Wildman–Crippen MR) is 81.1 cm³/mol. The first kappa shape index (κ1) is 14.6. The topological polar surface area (TPSA) is 53.3 Å². The zero-order valence-electron chi connectivity index (χ0n) is 11.8. The lowest BCUT2D eigenvalue weighted by atomic mass is 10.2. The molecule has 0 heterocycles. The lowest BCUT2D eigenvalue weighted by Crippen LogP contribution is -2.34. The zero-order valence-corrected chi connectivity index (χ0v) is 11.8. The van der Waals surface area contributed by atoms with Crippen LogP contribution in [0.3, 0.4) is 0 Å². The zero-order chi connectivity index (χ0) is 15.1. The summed E-state index contributed by atoms with van der Waals surface area (Å²) in [5.74, 6) is 0.401. The van der Waals surface area contributed by atoms with Crippen LogP contribution >= 0.6 is 0 Å². The fraction of sp³-hybridized carbons (Fsp3) is 0.176. The van der Waals surface area contributed by atoms with Gasteiger partial charge in [-0.3, -0.25) is 4.79 Å². The fourth-order valence-corrected chi connectivity index (χ4v) is 1.99. The summed E-state index contributed by atoms with van der Waals surface area (Å²) in [5.41, 5.74) is 1.36. The number of nitrogens with zero attached hydrogens (tertiary/aromatic N) is 2. The number of carbonyl (C=O) groups excluding carboxylic acids is 1. The molecule has 0 saturated carbocycles. The van der Waals surface area contributed by atoms with E-state index in [-0.39, 0.29) is 12.5 Å².